The lowest BCUT2D eigenvalue weighted by Crippen LogP contribution is -1.96. The highest BCUT2D eigenvalue weighted by atomic mass is 32.2. The van der Waals surface area contributed by atoms with Crippen molar-refractivity contribution in [1.82, 2.24) is 9.78 Å². The highest BCUT2D eigenvalue weighted by molar-refractivity contribution is 7.99. The molecule has 0 spiro atoms. The maximum atomic E-state index is 11.4. The molecule has 0 aliphatic rings. The second-order valence-electron chi connectivity index (χ2n) is 4.39. The first-order valence-electron chi connectivity index (χ1n) is 5.79. The Labute approximate surface area is 121 Å². The minimum absolute atomic E-state index is 0.277. The Morgan fingerprint density at radius 1 is 1.25 bits per heavy atom. The zero-order valence-corrected chi connectivity index (χ0v) is 13.0. The molecule has 0 unspecified atom stereocenters. The van der Waals surface area contributed by atoms with Gasteiger partial charge >= 0.3 is 0 Å². The van der Waals surface area contributed by atoms with Gasteiger partial charge in [-0.1, -0.05) is 11.8 Å². The second-order valence-corrected chi connectivity index (χ2v) is 7.47. The number of aromatic nitrogens is 2. The number of rotatable bonds is 4. The molecule has 1 aromatic heterocycles. The van der Waals surface area contributed by atoms with E-state index in [1.165, 1.54) is 18.0 Å². The topological polar surface area (TPSA) is 69.0 Å². The van der Waals surface area contributed by atoms with Gasteiger partial charge in [0.05, 0.1) is 16.2 Å². The van der Waals surface area contributed by atoms with E-state index in [0.717, 1.165) is 16.2 Å². The fourth-order valence-corrected chi connectivity index (χ4v) is 3.38. The molecule has 0 bridgehead atoms. The van der Waals surface area contributed by atoms with Crippen LogP contribution in [0.3, 0.4) is 0 Å². The SMILES string of the molecule is Cc1nn(C)c(Sc2ccc(S(C)(=O)=O)cc2)c1C=O. The van der Waals surface area contributed by atoms with E-state index >= 15 is 0 Å². The quantitative estimate of drug-likeness (QED) is 0.809. The van der Waals surface area contributed by atoms with Crippen molar-refractivity contribution in [3.63, 3.8) is 0 Å². The molecule has 0 atom stereocenters. The molecule has 2 aromatic rings. The van der Waals surface area contributed by atoms with E-state index in [2.05, 4.69) is 5.10 Å². The highest BCUT2D eigenvalue weighted by Crippen LogP contribution is 2.31. The molecule has 2 rings (SSSR count). The summed E-state index contributed by atoms with van der Waals surface area (Å²) in [7, 11) is -1.42. The maximum Gasteiger partial charge on any atom is 0.175 e. The zero-order valence-electron chi connectivity index (χ0n) is 11.3. The molecule has 0 radical (unpaired) electrons. The predicted molar refractivity (Wildman–Crippen MR) is 77.0 cm³/mol. The minimum Gasteiger partial charge on any atom is -0.298 e. The van der Waals surface area contributed by atoms with Gasteiger partial charge in [-0.05, 0) is 31.2 Å². The van der Waals surface area contributed by atoms with Crippen LogP contribution in [0.2, 0.25) is 0 Å². The number of sulfone groups is 1. The van der Waals surface area contributed by atoms with Crippen LogP contribution in [-0.4, -0.2) is 30.7 Å². The Hall–Kier alpha value is -1.60. The van der Waals surface area contributed by atoms with Gasteiger partial charge in [-0.3, -0.25) is 9.48 Å². The van der Waals surface area contributed by atoms with Gasteiger partial charge in [0.15, 0.2) is 16.1 Å². The number of hydrogen-bond acceptors (Lipinski definition) is 5. The van der Waals surface area contributed by atoms with Crippen molar-refractivity contribution >= 4 is 27.9 Å². The standard InChI is InChI=1S/C13H14N2O3S2/c1-9-12(8-16)13(15(2)14-9)19-10-4-6-11(7-5-10)20(3,17)18/h4-8H,1-3H3. The minimum atomic E-state index is -3.19. The Bertz CT molecular complexity index is 747. The van der Waals surface area contributed by atoms with Crippen LogP contribution in [0, 0.1) is 6.92 Å². The van der Waals surface area contributed by atoms with Crippen LogP contribution in [0.15, 0.2) is 39.1 Å². The van der Waals surface area contributed by atoms with Gasteiger partial charge in [0, 0.05) is 18.2 Å². The van der Waals surface area contributed by atoms with E-state index in [1.807, 2.05) is 0 Å². The van der Waals surface area contributed by atoms with Crippen molar-refractivity contribution < 1.29 is 13.2 Å². The summed E-state index contributed by atoms with van der Waals surface area (Å²) in [5, 5.41) is 4.94. The zero-order chi connectivity index (χ0) is 14.9. The lowest BCUT2D eigenvalue weighted by molar-refractivity contribution is 0.112. The molecule has 20 heavy (non-hydrogen) atoms. The molecule has 0 saturated heterocycles. The van der Waals surface area contributed by atoms with Crippen LogP contribution in [0.1, 0.15) is 16.1 Å². The summed E-state index contributed by atoms with van der Waals surface area (Å²) < 4.78 is 24.4. The van der Waals surface area contributed by atoms with E-state index < -0.39 is 9.84 Å². The average Bonchev–Trinajstić information content (AvgIpc) is 2.63. The molecule has 7 heteroatoms. The number of carbonyl (C=O) groups is 1. The molecule has 1 aromatic carbocycles. The number of aldehydes is 1. The molecule has 0 amide bonds. The smallest absolute Gasteiger partial charge is 0.175 e. The highest BCUT2D eigenvalue weighted by Gasteiger charge is 2.14. The molecule has 5 nitrogen and oxygen atoms in total. The summed E-state index contributed by atoms with van der Waals surface area (Å²) in [5.41, 5.74) is 1.24. The van der Waals surface area contributed by atoms with Crippen molar-refractivity contribution in [3.05, 3.63) is 35.5 Å². The van der Waals surface area contributed by atoms with Gasteiger partial charge in [-0.2, -0.15) is 5.10 Å². The van der Waals surface area contributed by atoms with Crippen LogP contribution in [0.4, 0.5) is 0 Å². The van der Waals surface area contributed by atoms with Crippen molar-refractivity contribution in [2.75, 3.05) is 6.26 Å². The second kappa shape index (κ2) is 5.41. The third kappa shape index (κ3) is 2.94. The lowest BCUT2D eigenvalue weighted by atomic mass is 10.3. The Balaban J connectivity index is 2.34. The van der Waals surface area contributed by atoms with Crippen LogP contribution in [0.25, 0.3) is 0 Å². The third-order valence-electron chi connectivity index (χ3n) is 2.80. The number of carbonyl (C=O) groups excluding carboxylic acids is 1. The van der Waals surface area contributed by atoms with Crippen molar-refractivity contribution in [2.45, 2.75) is 21.7 Å². The molecular weight excluding hydrogens is 296 g/mol. The number of nitrogens with zero attached hydrogens (tertiary/aromatic N) is 2. The van der Waals surface area contributed by atoms with Crippen molar-refractivity contribution in [3.8, 4) is 0 Å². The third-order valence-corrected chi connectivity index (χ3v) is 5.11. The molecular formula is C13H14N2O3S2. The first-order chi connectivity index (χ1) is 9.32. The Morgan fingerprint density at radius 3 is 2.35 bits per heavy atom. The molecule has 0 saturated carbocycles. The molecule has 106 valence electrons. The van der Waals surface area contributed by atoms with E-state index in [1.54, 1.807) is 42.9 Å². The number of hydrogen-bond donors (Lipinski definition) is 0. The van der Waals surface area contributed by atoms with Gasteiger partial charge in [-0.15, -0.1) is 0 Å². The molecule has 1 heterocycles. The Morgan fingerprint density at radius 2 is 1.85 bits per heavy atom. The van der Waals surface area contributed by atoms with Crippen LogP contribution in [-0.2, 0) is 16.9 Å². The summed E-state index contributed by atoms with van der Waals surface area (Å²) in [5.74, 6) is 0. The maximum absolute atomic E-state index is 11.4. The molecule has 0 N–H and O–H groups in total. The van der Waals surface area contributed by atoms with Gasteiger partial charge in [0.1, 0.15) is 5.03 Å². The van der Waals surface area contributed by atoms with Crippen LogP contribution >= 0.6 is 11.8 Å². The summed E-state index contributed by atoms with van der Waals surface area (Å²) in [6.45, 7) is 1.78. The van der Waals surface area contributed by atoms with Gasteiger partial charge < -0.3 is 0 Å². The molecule has 0 fully saturated rings. The summed E-state index contributed by atoms with van der Waals surface area (Å²) in [6.07, 6.45) is 1.96. The lowest BCUT2D eigenvalue weighted by Gasteiger charge is -2.04. The van der Waals surface area contributed by atoms with E-state index in [4.69, 9.17) is 0 Å². The van der Waals surface area contributed by atoms with Crippen LogP contribution < -0.4 is 0 Å². The van der Waals surface area contributed by atoms with E-state index in [-0.39, 0.29) is 4.90 Å². The molecule has 0 aliphatic heterocycles. The number of benzene rings is 1. The largest absolute Gasteiger partial charge is 0.298 e. The van der Waals surface area contributed by atoms with Crippen molar-refractivity contribution in [1.29, 1.82) is 0 Å². The van der Waals surface area contributed by atoms with Gasteiger partial charge in [0.25, 0.3) is 0 Å². The fourth-order valence-electron chi connectivity index (χ4n) is 1.78. The van der Waals surface area contributed by atoms with Gasteiger partial charge in [-0.25, -0.2) is 8.42 Å². The number of aryl methyl sites for hydroxylation is 2. The summed E-state index contributed by atoms with van der Waals surface area (Å²) in [6, 6.07) is 6.55. The fraction of sp³-hybridized carbons (Fsp3) is 0.231. The normalized spacial score (nSPS) is 11.6. The van der Waals surface area contributed by atoms with Crippen molar-refractivity contribution in [2.24, 2.45) is 7.05 Å². The summed E-state index contributed by atoms with van der Waals surface area (Å²) >= 11 is 1.38. The first kappa shape index (κ1) is 14.8. The Kier molecular flexibility index (Phi) is 4.01. The van der Waals surface area contributed by atoms with E-state index in [9.17, 15) is 13.2 Å². The molecule has 0 aliphatic carbocycles. The monoisotopic (exact) mass is 310 g/mol. The van der Waals surface area contributed by atoms with Gasteiger partial charge in [0.2, 0.25) is 0 Å². The van der Waals surface area contributed by atoms with Crippen LogP contribution in [0.5, 0.6) is 0 Å². The first-order valence-corrected chi connectivity index (χ1v) is 8.50. The van der Waals surface area contributed by atoms with E-state index in [0.29, 0.717) is 11.3 Å². The predicted octanol–water partition coefficient (Wildman–Crippen LogP) is 2.10. The average molecular weight is 310 g/mol. The summed E-state index contributed by atoms with van der Waals surface area (Å²) in [4.78, 5) is 12.2.